The summed E-state index contributed by atoms with van der Waals surface area (Å²) in [5.74, 6) is -1.69. The smallest absolute Gasteiger partial charge is 0.326 e. The van der Waals surface area contributed by atoms with Gasteiger partial charge in [0.25, 0.3) is 5.91 Å². The number of carbonyl (C=O) groups is 2. The topological polar surface area (TPSA) is 77.8 Å². The third kappa shape index (κ3) is 2.83. The van der Waals surface area contributed by atoms with Crippen LogP contribution in [0.2, 0.25) is 10.0 Å². The summed E-state index contributed by atoms with van der Waals surface area (Å²) in [6.45, 7) is -0.0291. The van der Waals surface area contributed by atoms with Gasteiger partial charge in [-0.2, -0.15) is 0 Å². The molecule has 1 fully saturated rings. The number of hydrogen-bond acceptors (Lipinski definition) is 3. The molecule has 1 aromatic rings. The Bertz CT molecular complexity index is 534. The fourth-order valence-electron chi connectivity index (χ4n) is 2.09. The zero-order chi connectivity index (χ0) is 14.2. The van der Waals surface area contributed by atoms with Gasteiger partial charge < -0.3 is 15.1 Å². The Morgan fingerprint density at radius 1 is 1.32 bits per heavy atom. The predicted molar refractivity (Wildman–Crippen MR) is 69.5 cm³/mol. The average molecular weight is 304 g/mol. The molecule has 1 aliphatic rings. The first-order valence-corrected chi connectivity index (χ1v) is 6.32. The Morgan fingerprint density at radius 2 is 2.00 bits per heavy atom. The summed E-state index contributed by atoms with van der Waals surface area (Å²) in [6, 6.07) is 3.35. The van der Waals surface area contributed by atoms with Crippen LogP contribution in [-0.4, -0.2) is 45.7 Å². The van der Waals surface area contributed by atoms with E-state index in [9.17, 15) is 14.7 Å². The Hall–Kier alpha value is -1.30. The molecule has 0 bridgehead atoms. The van der Waals surface area contributed by atoms with Gasteiger partial charge in [0.1, 0.15) is 6.04 Å². The van der Waals surface area contributed by atoms with Crippen molar-refractivity contribution in [3.8, 4) is 0 Å². The molecule has 102 valence electrons. The monoisotopic (exact) mass is 303 g/mol. The molecule has 0 unspecified atom stereocenters. The minimum Gasteiger partial charge on any atom is -0.480 e. The van der Waals surface area contributed by atoms with Gasteiger partial charge in [0.2, 0.25) is 0 Å². The van der Waals surface area contributed by atoms with Crippen molar-refractivity contribution in [1.82, 2.24) is 4.90 Å². The van der Waals surface area contributed by atoms with Gasteiger partial charge in [-0.1, -0.05) is 23.2 Å². The maximum Gasteiger partial charge on any atom is 0.326 e. The number of benzene rings is 1. The molecule has 1 heterocycles. The number of rotatable bonds is 2. The lowest BCUT2D eigenvalue weighted by Crippen LogP contribution is -2.40. The highest BCUT2D eigenvalue weighted by molar-refractivity contribution is 6.35. The van der Waals surface area contributed by atoms with Crippen molar-refractivity contribution in [2.45, 2.75) is 18.6 Å². The number of nitrogens with zero attached hydrogens (tertiary/aromatic N) is 1. The van der Waals surface area contributed by atoms with Gasteiger partial charge in [0.15, 0.2) is 0 Å². The summed E-state index contributed by atoms with van der Waals surface area (Å²) in [4.78, 5) is 24.5. The molecule has 1 aromatic carbocycles. The first-order valence-electron chi connectivity index (χ1n) is 5.57. The van der Waals surface area contributed by atoms with Crippen LogP contribution >= 0.6 is 23.2 Å². The molecule has 1 aliphatic heterocycles. The van der Waals surface area contributed by atoms with E-state index in [0.717, 1.165) is 4.90 Å². The number of hydrogen-bond donors (Lipinski definition) is 2. The molecule has 1 amide bonds. The van der Waals surface area contributed by atoms with Crippen LogP contribution in [0.5, 0.6) is 0 Å². The van der Waals surface area contributed by atoms with Gasteiger partial charge in [-0.25, -0.2) is 4.79 Å². The van der Waals surface area contributed by atoms with Gasteiger partial charge in [-0.15, -0.1) is 0 Å². The molecular formula is C12H11Cl2NO4. The molecule has 2 rings (SSSR count). The highest BCUT2D eigenvalue weighted by Crippen LogP contribution is 2.26. The number of β-amino-alcohol motifs (C(OH)–C–C–N with tert-alkyl or cyclic N) is 1. The largest absolute Gasteiger partial charge is 0.480 e. The fraction of sp³-hybridized carbons (Fsp3) is 0.333. The average Bonchev–Trinajstić information content (AvgIpc) is 2.74. The predicted octanol–water partition coefficient (Wildman–Crippen LogP) is 1.65. The van der Waals surface area contributed by atoms with Crippen molar-refractivity contribution in [2.24, 2.45) is 0 Å². The SMILES string of the molecule is O=C(O)[C@@H]1C[C@H](O)CN1C(=O)c1cc(Cl)ccc1Cl. The van der Waals surface area contributed by atoms with Gasteiger partial charge in [-0.3, -0.25) is 4.79 Å². The van der Waals surface area contributed by atoms with Gasteiger partial charge >= 0.3 is 5.97 Å². The molecule has 2 N–H and O–H groups in total. The molecule has 7 heteroatoms. The van der Waals surface area contributed by atoms with Crippen LogP contribution in [0.1, 0.15) is 16.8 Å². The van der Waals surface area contributed by atoms with E-state index in [1.165, 1.54) is 18.2 Å². The lowest BCUT2D eigenvalue weighted by atomic mass is 10.1. The Morgan fingerprint density at radius 3 is 2.63 bits per heavy atom. The van der Waals surface area contributed by atoms with Gasteiger partial charge in [0.05, 0.1) is 16.7 Å². The summed E-state index contributed by atoms with van der Waals surface area (Å²) in [7, 11) is 0. The number of halogens is 2. The summed E-state index contributed by atoms with van der Waals surface area (Å²) >= 11 is 11.7. The van der Waals surface area contributed by atoms with Crippen LogP contribution in [0.25, 0.3) is 0 Å². The summed E-state index contributed by atoms with van der Waals surface area (Å²) in [5, 5.41) is 19.1. The van der Waals surface area contributed by atoms with Crippen LogP contribution in [-0.2, 0) is 4.79 Å². The van der Waals surface area contributed by atoms with Crippen LogP contribution < -0.4 is 0 Å². The highest BCUT2D eigenvalue weighted by Gasteiger charge is 2.39. The third-order valence-corrected chi connectivity index (χ3v) is 3.55. The molecule has 0 saturated carbocycles. The molecular weight excluding hydrogens is 293 g/mol. The van der Waals surface area contributed by atoms with Crippen LogP contribution in [0.3, 0.4) is 0 Å². The normalized spacial score (nSPS) is 22.6. The quantitative estimate of drug-likeness (QED) is 0.871. The molecule has 0 radical (unpaired) electrons. The number of aliphatic hydroxyl groups is 1. The fourth-order valence-corrected chi connectivity index (χ4v) is 2.46. The van der Waals surface area contributed by atoms with Crippen molar-refractivity contribution in [3.05, 3.63) is 33.8 Å². The van der Waals surface area contributed by atoms with Crippen LogP contribution in [0.4, 0.5) is 0 Å². The Kier molecular flexibility index (Phi) is 3.99. The second-order valence-electron chi connectivity index (χ2n) is 4.33. The number of aliphatic carboxylic acids is 1. The molecule has 0 aliphatic carbocycles. The maximum absolute atomic E-state index is 12.3. The van der Waals surface area contributed by atoms with E-state index in [0.29, 0.717) is 5.02 Å². The Balaban J connectivity index is 2.33. The Labute approximate surface area is 119 Å². The van der Waals surface area contributed by atoms with Crippen molar-refractivity contribution in [3.63, 3.8) is 0 Å². The highest BCUT2D eigenvalue weighted by atomic mass is 35.5. The van der Waals surface area contributed by atoms with Gasteiger partial charge in [0, 0.05) is 18.0 Å². The lowest BCUT2D eigenvalue weighted by molar-refractivity contribution is -0.141. The summed E-state index contributed by atoms with van der Waals surface area (Å²) in [6.07, 6.45) is -0.831. The zero-order valence-electron chi connectivity index (χ0n) is 9.72. The second-order valence-corrected chi connectivity index (χ2v) is 5.17. The molecule has 2 atom stereocenters. The number of amides is 1. The number of carbonyl (C=O) groups excluding carboxylic acids is 1. The first kappa shape index (κ1) is 14.1. The number of carboxylic acids is 1. The molecule has 0 spiro atoms. The lowest BCUT2D eigenvalue weighted by Gasteiger charge is -2.21. The minimum absolute atomic E-state index is 0.0132. The van der Waals surface area contributed by atoms with E-state index in [1.54, 1.807) is 0 Å². The number of carboxylic acid groups (broad SMARTS) is 1. The van der Waals surface area contributed by atoms with Crippen LogP contribution in [0, 0.1) is 0 Å². The van der Waals surface area contributed by atoms with E-state index in [1.807, 2.05) is 0 Å². The van der Waals surface area contributed by atoms with Crippen LogP contribution in [0.15, 0.2) is 18.2 Å². The molecule has 1 saturated heterocycles. The molecule has 19 heavy (non-hydrogen) atoms. The number of aliphatic hydroxyl groups excluding tert-OH is 1. The van der Waals surface area contributed by atoms with Crippen molar-refractivity contribution >= 4 is 35.1 Å². The van der Waals surface area contributed by atoms with Crippen molar-refractivity contribution < 1.29 is 19.8 Å². The van der Waals surface area contributed by atoms with E-state index >= 15 is 0 Å². The zero-order valence-corrected chi connectivity index (χ0v) is 11.2. The summed E-state index contributed by atoms with van der Waals surface area (Å²) in [5.41, 5.74) is 0.134. The standard InChI is InChI=1S/C12H11Cl2NO4/c13-6-1-2-9(14)8(3-6)11(17)15-5-7(16)4-10(15)12(18)19/h1-3,7,10,16H,4-5H2,(H,18,19)/t7-,10-/m0/s1. The van der Waals surface area contributed by atoms with E-state index in [4.69, 9.17) is 28.3 Å². The van der Waals surface area contributed by atoms with Gasteiger partial charge in [-0.05, 0) is 18.2 Å². The second kappa shape index (κ2) is 5.36. The van der Waals surface area contributed by atoms with Crippen molar-refractivity contribution in [1.29, 1.82) is 0 Å². The first-order chi connectivity index (χ1) is 8.90. The molecule has 0 aromatic heterocycles. The van der Waals surface area contributed by atoms with E-state index in [2.05, 4.69) is 0 Å². The van der Waals surface area contributed by atoms with E-state index < -0.39 is 24.0 Å². The van der Waals surface area contributed by atoms with Crippen molar-refractivity contribution in [2.75, 3.05) is 6.54 Å². The number of likely N-dealkylation sites (tertiary alicyclic amines) is 1. The maximum atomic E-state index is 12.3. The summed E-state index contributed by atoms with van der Waals surface area (Å²) < 4.78 is 0. The molecule has 5 nitrogen and oxygen atoms in total. The minimum atomic E-state index is -1.15. The third-order valence-electron chi connectivity index (χ3n) is 2.98. The van der Waals surface area contributed by atoms with E-state index in [-0.39, 0.29) is 23.6 Å².